The van der Waals surface area contributed by atoms with Crippen molar-refractivity contribution in [2.45, 2.75) is 37.3 Å². The van der Waals surface area contributed by atoms with Crippen LogP contribution in [0, 0.1) is 0 Å². The topological polar surface area (TPSA) is 37.0 Å². The van der Waals surface area contributed by atoms with Crippen molar-refractivity contribution in [1.82, 2.24) is 10.3 Å². The van der Waals surface area contributed by atoms with Crippen LogP contribution in [0.25, 0.3) is 0 Å². The predicted molar refractivity (Wildman–Crippen MR) is 88.4 cm³/mol. The number of nitrogens with one attached hydrogen (secondary N) is 2. The first kappa shape index (κ1) is 19.5. The number of hydrogen-bond acceptors (Lipinski definition) is 3. The average molecular weight is 389 g/mol. The highest BCUT2D eigenvalue weighted by molar-refractivity contribution is 5.46. The maximum atomic E-state index is 12.9. The molecule has 1 aromatic carbocycles. The fraction of sp³-hybridized carbons (Fsp3) is 0.389. The van der Waals surface area contributed by atoms with Gasteiger partial charge in [-0.1, -0.05) is 6.07 Å². The number of hydrogen-bond donors (Lipinski definition) is 2. The predicted octanol–water partition coefficient (Wildman–Crippen LogP) is 4.50. The second-order valence-corrected chi connectivity index (χ2v) is 6.47. The molecule has 1 aliphatic carbocycles. The van der Waals surface area contributed by atoms with Gasteiger partial charge in [0.05, 0.1) is 23.1 Å². The molecule has 1 heterocycles. The summed E-state index contributed by atoms with van der Waals surface area (Å²) >= 11 is 0. The van der Waals surface area contributed by atoms with Gasteiger partial charge in [0.2, 0.25) is 0 Å². The highest BCUT2D eigenvalue weighted by Crippen LogP contribution is 2.34. The Bertz CT molecular complexity index is 798. The lowest BCUT2D eigenvalue weighted by atomic mass is 10.1. The van der Waals surface area contributed by atoms with E-state index >= 15 is 0 Å². The van der Waals surface area contributed by atoms with Gasteiger partial charge in [-0.2, -0.15) is 26.3 Å². The fourth-order valence-electron chi connectivity index (χ4n) is 3.27. The summed E-state index contributed by atoms with van der Waals surface area (Å²) in [5.41, 5.74) is 1.14. The van der Waals surface area contributed by atoms with Crippen LogP contribution < -0.4 is 10.6 Å². The van der Waals surface area contributed by atoms with E-state index in [0.717, 1.165) is 17.7 Å². The van der Waals surface area contributed by atoms with Crippen LogP contribution in [0.4, 0.5) is 32.0 Å². The molecule has 0 bridgehead atoms. The highest BCUT2D eigenvalue weighted by atomic mass is 19.4. The molecule has 146 valence electrons. The molecule has 0 spiro atoms. The lowest BCUT2D eigenvalue weighted by Gasteiger charge is -2.19. The normalized spacial score (nSPS) is 18.3. The number of pyridine rings is 1. The zero-order valence-corrected chi connectivity index (χ0v) is 14.2. The molecule has 9 heteroatoms. The van der Waals surface area contributed by atoms with Gasteiger partial charge in [0.25, 0.3) is 0 Å². The SMILES string of the molecule is CNC(c1ccc(NC2Cc3ccc(C(F)(F)F)cc3C2)cn1)C(F)(F)F. The van der Waals surface area contributed by atoms with Crippen molar-refractivity contribution >= 4 is 5.69 Å². The molecule has 0 fully saturated rings. The summed E-state index contributed by atoms with van der Waals surface area (Å²) in [7, 11) is 1.21. The Labute approximate surface area is 151 Å². The van der Waals surface area contributed by atoms with Crippen LogP contribution >= 0.6 is 0 Å². The van der Waals surface area contributed by atoms with E-state index < -0.39 is 24.0 Å². The van der Waals surface area contributed by atoms with Crippen molar-refractivity contribution < 1.29 is 26.3 Å². The standard InChI is InChI=1S/C18H17F6N3/c1-25-16(18(22,23)24)15-5-4-13(9-26-15)27-14-7-10-2-3-12(17(19,20)21)6-11(10)8-14/h2-6,9,14,16,25,27H,7-8H2,1H3. The third-order valence-electron chi connectivity index (χ3n) is 4.54. The summed E-state index contributed by atoms with van der Waals surface area (Å²) in [6.45, 7) is 0. The summed E-state index contributed by atoms with van der Waals surface area (Å²) in [6.07, 6.45) is -6.60. The minimum Gasteiger partial charge on any atom is -0.380 e. The number of halogens is 6. The summed E-state index contributed by atoms with van der Waals surface area (Å²) in [5, 5.41) is 5.30. The van der Waals surface area contributed by atoms with Crippen molar-refractivity contribution in [1.29, 1.82) is 0 Å². The minimum atomic E-state index is -4.46. The van der Waals surface area contributed by atoms with E-state index in [1.807, 2.05) is 0 Å². The Balaban J connectivity index is 1.68. The first-order valence-electron chi connectivity index (χ1n) is 8.23. The number of rotatable bonds is 4. The summed E-state index contributed by atoms with van der Waals surface area (Å²) in [6, 6.07) is 4.46. The largest absolute Gasteiger partial charge is 0.416 e. The van der Waals surface area contributed by atoms with Crippen LogP contribution in [0.5, 0.6) is 0 Å². The van der Waals surface area contributed by atoms with Gasteiger partial charge in [0, 0.05) is 6.04 Å². The fourth-order valence-corrected chi connectivity index (χ4v) is 3.27. The minimum absolute atomic E-state index is 0.140. The van der Waals surface area contributed by atoms with Crippen LogP contribution in [0.2, 0.25) is 0 Å². The van der Waals surface area contributed by atoms with Gasteiger partial charge in [0.15, 0.2) is 0 Å². The molecule has 0 saturated carbocycles. The molecule has 1 aromatic heterocycles. The van der Waals surface area contributed by atoms with Crippen LogP contribution in [-0.2, 0) is 19.0 Å². The Morgan fingerprint density at radius 3 is 2.26 bits per heavy atom. The molecule has 2 atom stereocenters. The van der Waals surface area contributed by atoms with Crippen molar-refractivity contribution in [3.8, 4) is 0 Å². The Hall–Kier alpha value is -2.29. The number of benzene rings is 1. The summed E-state index contributed by atoms with van der Waals surface area (Å²) in [5.74, 6) is 0. The number of anilines is 1. The first-order valence-corrected chi connectivity index (χ1v) is 8.23. The molecule has 0 amide bonds. The van der Waals surface area contributed by atoms with E-state index in [0.29, 0.717) is 24.1 Å². The van der Waals surface area contributed by atoms with E-state index in [-0.39, 0.29) is 11.7 Å². The zero-order chi connectivity index (χ0) is 19.8. The number of aromatic nitrogens is 1. The lowest BCUT2D eigenvalue weighted by Crippen LogP contribution is -2.32. The van der Waals surface area contributed by atoms with E-state index in [1.165, 1.54) is 31.4 Å². The van der Waals surface area contributed by atoms with Gasteiger partial charge in [-0.15, -0.1) is 0 Å². The molecular formula is C18H17F6N3. The second kappa shape index (κ2) is 7.03. The van der Waals surface area contributed by atoms with E-state index in [1.54, 1.807) is 0 Å². The Kier molecular flexibility index (Phi) is 5.07. The van der Waals surface area contributed by atoms with Crippen molar-refractivity contribution in [3.63, 3.8) is 0 Å². The van der Waals surface area contributed by atoms with Gasteiger partial charge < -0.3 is 10.6 Å². The Morgan fingerprint density at radius 1 is 1.00 bits per heavy atom. The lowest BCUT2D eigenvalue weighted by molar-refractivity contribution is -0.157. The third-order valence-corrected chi connectivity index (χ3v) is 4.54. The zero-order valence-electron chi connectivity index (χ0n) is 14.2. The van der Waals surface area contributed by atoms with E-state index in [2.05, 4.69) is 15.6 Å². The van der Waals surface area contributed by atoms with Crippen LogP contribution in [0.3, 0.4) is 0 Å². The summed E-state index contributed by atoms with van der Waals surface area (Å²) in [4.78, 5) is 3.86. The molecule has 0 saturated heterocycles. The molecule has 3 rings (SSSR count). The van der Waals surface area contributed by atoms with Gasteiger partial charge in [0.1, 0.15) is 6.04 Å². The van der Waals surface area contributed by atoms with Gasteiger partial charge in [-0.05, 0) is 55.3 Å². The van der Waals surface area contributed by atoms with Gasteiger partial charge >= 0.3 is 12.4 Å². The highest BCUT2D eigenvalue weighted by Gasteiger charge is 2.40. The second-order valence-electron chi connectivity index (χ2n) is 6.47. The molecule has 2 aromatic rings. The smallest absolute Gasteiger partial charge is 0.380 e. The number of fused-ring (bicyclic) bond motifs is 1. The third kappa shape index (κ3) is 4.35. The molecular weight excluding hydrogens is 372 g/mol. The first-order chi connectivity index (χ1) is 12.6. The molecule has 1 aliphatic rings. The van der Waals surface area contributed by atoms with Crippen molar-refractivity contribution in [2.24, 2.45) is 0 Å². The number of alkyl halides is 6. The molecule has 2 unspecified atom stereocenters. The van der Waals surface area contributed by atoms with Gasteiger partial charge in [-0.3, -0.25) is 4.98 Å². The average Bonchev–Trinajstić information content (AvgIpc) is 2.96. The molecule has 3 nitrogen and oxygen atoms in total. The summed E-state index contributed by atoms with van der Waals surface area (Å²) < 4.78 is 77.1. The molecule has 2 N–H and O–H groups in total. The number of nitrogens with zero attached hydrogens (tertiary/aromatic N) is 1. The Morgan fingerprint density at radius 2 is 1.70 bits per heavy atom. The van der Waals surface area contributed by atoms with Crippen molar-refractivity contribution in [3.05, 3.63) is 58.9 Å². The molecule has 27 heavy (non-hydrogen) atoms. The van der Waals surface area contributed by atoms with Crippen LogP contribution in [-0.4, -0.2) is 24.2 Å². The van der Waals surface area contributed by atoms with Gasteiger partial charge in [-0.25, -0.2) is 0 Å². The quantitative estimate of drug-likeness (QED) is 0.756. The monoisotopic (exact) mass is 389 g/mol. The van der Waals surface area contributed by atoms with E-state index in [4.69, 9.17) is 0 Å². The van der Waals surface area contributed by atoms with Crippen LogP contribution in [0.1, 0.15) is 28.4 Å². The molecule has 0 radical (unpaired) electrons. The maximum Gasteiger partial charge on any atom is 0.416 e. The maximum absolute atomic E-state index is 12.9. The van der Waals surface area contributed by atoms with Crippen LogP contribution in [0.15, 0.2) is 36.5 Å². The van der Waals surface area contributed by atoms with E-state index in [9.17, 15) is 26.3 Å². The van der Waals surface area contributed by atoms with Crippen molar-refractivity contribution in [2.75, 3.05) is 12.4 Å². The molecule has 0 aliphatic heterocycles.